The molecule has 0 saturated carbocycles. The molecule has 3 rings (SSSR count). The summed E-state index contributed by atoms with van der Waals surface area (Å²) in [5.41, 5.74) is 2.01. The SMILES string of the molecule is CCCN1CCC(NCc2cc3n(n2)CCCN(S(C)(=O)=O)C3)CC1. The van der Waals surface area contributed by atoms with E-state index in [-0.39, 0.29) is 0 Å². The van der Waals surface area contributed by atoms with Gasteiger partial charge in [-0.2, -0.15) is 9.40 Å². The normalized spacial score (nSPS) is 21.2. The molecule has 1 aromatic rings. The Morgan fingerprint density at radius 2 is 2.00 bits per heavy atom. The summed E-state index contributed by atoms with van der Waals surface area (Å²) in [5, 5.41) is 8.31. The monoisotopic (exact) mass is 369 g/mol. The van der Waals surface area contributed by atoms with Crippen LogP contribution in [0.4, 0.5) is 0 Å². The van der Waals surface area contributed by atoms with Crippen LogP contribution in [0.1, 0.15) is 44.0 Å². The van der Waals surface area contributed by atoms with Crippen LogP contribution in [0.5, 0.6) is 0 Å². The van der Waals surface area contributed by atoms with Gasteiger partial charge < -0.3 is 10.2 Å². The lowest BCUT2D eigenvalue weighted by atomic mass is 10.0. The average Bonchev–Trinajstić information content (AvgIpc) is 2.83. The van der Waals surface area contributed by atoms with Crippen LogP contribution in [0.3, 0.4) is 0 Å². The average molecular weight is 370 g/mol. The number of hydrogen-bond acceptors (Lipinski definition) is 5. The number of piperidine rings is 1. The van der Waals surface area contributed by atoms with E-state index in [1.807, 2.05) is 4.68 Å². The molecule has 0 amide bonds. The predicted octanol–water partition coefficient (Wildman–Crippen LogP) is 1.01. The van der Waals surface area contributed by atoms with Crippen molar-refractivity contribution in [2.45, 2.75) is 58.3 Å². The summed E-state index contributed by atoms with van der Waals surface area (Å²) in [7, 11) is -3.15. The van der Waals surface area contributed by atoms with Gasteiger partial charge in [-0.25, -0.2) is 8.42 Å². The molecule has 0 spiro atoms. The zero-order valence-corrected chi connectivity index (χ0v) is 16.3. The first-order chi connectivity index (χ1) is 12.0. The van der Waals surface area contributed by atoms with Gasteiger partial charge in [0.05, 0.1) is 24.2 Å². The molecule has 1 fully saturated rings. The number of rotatable bonds is 6. The van der Waals surface area contributed by atoms with Crippen molar-refractivity contribution in [1.82, 2.24) is 24.3 Å². The molecule has 0 aliphatic carbocycles. The first-order valence-corrected chi connectivity index (χ1v) is 11.3. The highest BCUT2D eigenvalue weighted by Crippen LogP contribution is 2.17. The second kappa shape index (κ2) is 8.16. The Kier molecular flexibility index (Phi) is 6.14. The maximum atomic E-state index is 11.8. The van der Waals surface area contributed by atoms with E-state index in [0.717, 1.165) is 30.9 Å². The van der Waals surface area contributed by atoms with Crippen molar-refractivity contribution in [3.8, 4) is 0 Å². The molecule has 1 aromatic heterocycles. The minimum Gasteiger partial charge on any atom is -0.308 e. The zero-order chi connectivity index (χ0) is 17.9. The molecular formula is C17H31N5O2S. The Hall–Kier alpha value is -0.960. The second-order valence-corrected chi connectivity index (χ2v) is 9.28. The van der Waals surface area contributed by atoms with Gasteiger partial charge >= 0.3 is 0 Å². The Morgan fingerprint density at radius 3 is 2.68 bits per heavy atom. The lowest BCUT2D eigenvalue weighted by molar-refractivity contribution is 0.197. The molecule has 0 aromatic carbocycles. The highest BCUT2D eigenvalue weighted by Gasteiger charge is 2.23. The van der Waals surface area contributed by atoms with Crippen molar-refractivity contribution in [2.24, 2.45) is 0 Å². The minimum absolute atomic E-state index is 0.432. The summed E-state index contributed by atoms with van der Waals surface area (Å²) >= 11 is 0. The Bertz CT molecular complexity index is 665. The maximum absolute atomic E-state index is 11.8. The number of likely N-dealkylation sites (tertiary alicyclic amines) is 1. The number of sulfonamides is 1. The van der Waals surface area contributed by atoms with Gasteiger partial charge in [0.25, 0.3) is 0 Å². The van der Waals surface area contributed by atoms with E-state index in [0.29, 0.717) is 19.1 Å². The lowest BCUT2D eigenvalue weighted by Gasteiger charge is -2.32. The van der Waals surface area contributed by atoms with Crippen LogP contribution < -0.4 is 5.32 Å². The Labute approximate surface area is 151 Å². The molecule has 142 valence electrons. The van der Waals surface area contributed by atoms with Crippen LogP contribution in [0.25, 0.3) is 0 Å². The first kappa shape index (κ1) is 18.8. The third-order valence-electron chi connectivity index (χ3n) is 5.20. The van der Waals surface area contributed by atoms with Gasteiger partial charge in [0.1, 0.15) is 0 Å². The molecule has 7 nitrogen and oxygen atoms in total. The smallest absolute Gasteiger partial charge is 0.211 e. The number of nitrogens with one attached hydrogen (secondary N) is 1. The number of fused-ring (bicyclic) bond motifs is 1. The van der Waals surface area contributed by atoms with Crippen molar-refractivity contribution >= 4 is 10.0 Å². The standard InChI is InChI=1S/C17H31N5O2S/c1-3-7-20-10-5-15(6-11-20)18-13-16-12-17-14-21(25(2,23)24)8-4-9-22(17)19-16/h12,15,18H,3-11,13-14H2,1-2H3. The highest BCUT2D eigenvalue weighted by molar-refractivity contribution is 7.88. The van der Waals surface area contributed by atoms with Gasteiger partial charge in [0.15, 0.2) is 0 Å². The fraction of sp³-hybridized carbons (Fsp3) is 0.824. The Balaban J connectivity index is 1.54. The quantitative estimate of drug-likeness (QED) is 0.810. The Morgan fingerprint density at radius 1 is 1.24 bits per heavy atom. The number of aryl methyl sites for hydroxylation is 1. The van der Waals surface area contributed by atoms with Crippen LogP contribution in [-0.4, -0.2) is 65.9 Å². The molecule has 2 aliphatic heterocycles. The molecule has 3 heterocycles. The largest absolute Gasteiger partial charge is 0.308 e. The van der Waals surface area contributed by atoms with E-state index >= 15 is 0 Å². The third kappa shape index (κ3) is 5.03. The van der Waals surface area contributed by atoms with Crippen LogP contribution in [0, 0.1) is 0 Å². The van der Waals surface area contributed by atoms with E-state index in [1.54, 1.807) is 4.31 Å². The van der Waals surface area contributed by atoms with Crippen molar-refractivity contribution in [2.75, 3.05) is 32.4 Å². The van der Waals surface area contributed by atoms with Crippen molar-refractivity contribution < 1.29 is 8.42 Å². The van der Waals surface area contributed by atoms with E-state index in [1.165, 1.54) is 45.2 Å². The fourth-order valence-electron chi connectivity index (χ4n) is 3.79. The molecular weight excluding hydrogens is 338 g/mol. The number of nitrogens with zero attached hydrogens (tertiary/aromatic N) is 4. The summed E-state index contributed by atoms with van der Waals surface area (Å²) in [6.07, 6.45) is 5.70. The summed E-state index contributed by atoms with van der Waals surface area (Å²) in [6.45, 7) is 8.35. The first-order valence-electron chi connectivity index (χ1n) is 9.42. The number of hydrogen-bond donors (Lipinski definition) is 1. The molecule has 0 unspecified atom stereocenters. The van der Waals surface area contributed by atoms with Gasteiger partial charge in [-0.15, -0.1) is 0 Å². The third-order valence-corrected chi connectivity index (χ3v) is 6.45. The molecule has 0 bridgehead atoms. The second-order valence-electron chi connectivity index (χ2n) is 7.30. The fourth-order valence-corrected chi connectivity index (χ4v) is 4.62. The van der Waals surface area contributed by atoms with E-state index in [9.17, 15) is 8.42 Å². The summed E-state index contributed by atoms with van der Waals surface area (Å²) in [6, 6.07) is 2.62. The minimum atomic E-state index is -3.15. The van der Waals surface area contributed by atoms with Crippen LogP contribution >= 0.6 is 0 Å². The molecule has 2 aliphatic rings. The van der Waals surface area contributed by atoms with Crippen molar-refractivity contribution in [3.63, 3.8) is 0 Å². The molecule has 25 heavy (non-hydrogen) atoms. The zero-order valence-electron chi connectivity index (χ0n) is 15.4. The van der Waals surface area contributed by atoms with Crippen molar-refractivity contribution in [1.29, 1.82) is 0 Å². The van der Waals surface area contributed by atoms with E-state index in [4.69, 9.17) is 0 Å². The topological polar surface area (TPSA) is 70.5 Å². The van der Waals surface area contributed by atoms with Gasteiger partial charge in [-0.3, -0.25) is 4.68 Å². The van der Waals surface area contributed by atoms with E-state index < -0.39 is 10.0 Å². The lowest BCUT2D eigenvalue weighted by Crippen LogP contribution is -2.42. The van der Waals surface area contributed by atoms with Gasteiger partial charge in [0.2, 0.25) is 10.0 Å². The van der Waals surface area contributed by atoms with Gasteiger partial charge in [-0.05, 0) is 51.4 Å². The molecule has 8 heteroatoms. The van der Waals surface area contributed by atoms with Crippen LogP contribution in [-0.2, 0) is 29.7 Å². The molecule has 0 radical (unpaired) electrons. The maximum Gasteiger partial charge on any atom is 0.211 e. The predicted molar refractivity (Wildman–Crippen MR) is 98.7 cm³/mol. The van der Waals surface area contributed by atoms with Gasteiger partial charge in [-0.1, -0.05) is 6.92 Å². The summed E-state index contributed by atoms with van der Waals surface area (Å²) in [5.74, 6) is 0. The van der Waals surface area contributed by atoms with Gasteiger partial charge in [0, 0.05) is 25.7 Å². The molecule has 1 N–H and O–H groups in total. The summed E-state index contributed by atoms with van der Waals surface area (Å²) < 4.78 is 27.2. The highest BCUT2D eigenvalue weighted by atomic mass is 32.2. The number of aromatic nitrogens is 2. The van der Waals surface area contributed by atoms with Crippen LogP contribution in [0.15, 0.2) is 6.07 Å². The molecule has 1 saturated heterocycles. The van der Waals surface area contributed by atoms with Crippen LogP contribution in [0.2, 0.25) is 0 Å². The molecule has 0 atom stereocenters. The summed E-state index contributed by atoms with van der Waals surface area (Å²) in [4.78, 5) is 2.54. The van der Waals surface area contributed by atoms with E-state index in [2.05, 4.69) is 28.3 Å². The van der Waals surface area contributed by atoms with Crippen molar-refractivity contribution in [3.05, 3.63) is 17.5 Å².